The Balaban J connectivity index is 1.70. The molecule has 2 saturated heterocycles. The van der Waals surface area contributed by atoms with Crippen molar-refractivity contribution >= 4 is 13.3 Å². The van der Waals surface area contributed by atoms with Gasteiger partial charge in [-0.25, -0.2) is 4.39 Å². The van der Waals surface area contributed by atoms with Crippen molar-refractivity contribution in [3.8, 4) is 22.6 Å². The molecule has 2 heterocycles. The third-order valence-corrected chi connectivity index (χ3v) is 5.60. The lowest BCUT2D eigenvalue weighted by atomic mass is 9.79. The molecule has 0 saturated carbocycles. The van der Waals surface area contributed by atoms with Crippen LogP contribution >= 0.6 is 0 Å². The van der Waals surface area contributed by atoms with Crippen LogP contribution in [0.1, 0.15) is 22.3 Å². The molecule has 2 aromatic carbocycles. The minimum absolute atomic E-state index is 0.0980. The Morgan fingerprint density at radius 2 is 1.57 bits per heavy atom. The van der Waals surface area contributed by atoms with Gasteiger partial charge in [-0.05, 0) is 73.2 Å². The Morgan fingerprint density at radius 3 is 2.18 bits per heavy atom. The topological polar surface area (TPSA) is 43.5 Å². The fourth-order valence-corrected chi connectivity index (χ4v) is 3.67. The summed E-state index contributed by atoms with van der Waals surface area (Å²) in [4.78, 5) is 0. The van der Waals surface area contributed by atoms with Crippen LogP contribution in [0.5, 0.6) is 11.5 Å². The average Bonchev–Trinajstić information content (AvgIpc) is 3.55. The molecule has 148 valence electrons. The first-order valence-corrected chi connectivity index (χ1v) is 9.76. The number of hydrogen-bond donors (Lipinski definition) is 0. The normalized spacial score (nSPS) is 20.2. The third kappa shape index (κ3) is 3.76. The number of aryl methyl sites for hydroxylation is 2. The minimum Gasteiger partial charge on any atom is -0.490 e. The largest absolute Gasteiger partial charge is 0.490 e. The maximum atomic E-state index is 15.0. The van der Waals surface area contributed by atoms with E-state index in [1.54, 1.807) is 6.07 Å². The molecule has 0 spiro atoms. The summed E-state index contributed by atoms with van der Waals surface area (Å²) in [7, 11) is 2.07. The minimum atomic E-state index is -0.304. The number of hydrogen-bond acceptors (Lipinski definition) is 4. The van der Waals surface area contributed by atoms with Crippen molar-refractivity contribution in [1.29, 1.82) is 0 Å². The zero-order valence-corrected chi connectivity index (χ0v) is 17.1. The van der Waals surface area contributed by atoms with Gasteiger partial charge < -0.3 is 18.9 Å². The van der Waals surface area contributed by atoms with Gasteiger partial charge in [-0.1, -0.05) is 5.46 Å². The fraction of sp³-hybridized carbons (Fsp3) is 0.455. The van der Waals surface area contributed by atoms with Crippen molar-refractivity contribution in [3.05, 3.63) is 40.2 Å². The van der Waals surface area contributed by atoms with E-state index < -0.39 is 0 Å². The molecule has 0 bridgehead atoms. The van der Waals surface area contributed by atoms with E-state index in [1.165, 1.54) is 0 Å². The van der Waals surface area contributed by atoms with Crippen LogP contribution in [-0.2, 0) is 9.47 Å². The lowest BCUT2D eigenvalue weighted by Gasteiger charge is -2.21. The molecule has 28 heavy (non-hydrogen) atoms. The van der Waals surface area contributed by atoms with Gasteiger partial charge in [-0.2, -0.15) is 0 Å². The van der Waals surface area contributed by atoms with Crippen molar-refractivity contribution in [2.45, 2.75) is 39.9 Å². The number of epoxide rings is 2. The van der Waals surface area contributed by atoms with E-state index in [9.17, 15) is 0 Å². The summed E-state index contributed by atoms with van der Waals surface area (Å²) in [6.45, 7) is 10.3. The van der Waals surface area contributed by atoms with E-state index in [0.717, 1.165) is 45.6 Å². The van der Waals surface area contributed by atoms with E-state index in [-0.39, 0.29) is 18.0 Å². The van der Waals surface area contributed by atoms with Crippen LogP contribution in [0.4, 0.5) is 4.39 Å². The number of halogens is 1. The zero-order valence-electron chi connectivity index (χ0n) is 17.1. The molecule has 4 rings (SSSR count). The van der Waals surface area contributed by atoms with E-state index in [0.29, 0.717) is 31.1 Å². The van der Waals surface area contributed by atoms with Gasteiger partial charge in [0.1, 0.15) is 39.0 Å². The molecule has 2 aromatic rings. The van der Waals surface area contributed by atoms with Gasteiger partial charge in [-0.3, -0.25) is 0 Å². The van der Waals surface area contributed by atoms with Gasteiger partial charge in [0.2, 0.25) is 0 Å². The highest BCUT2D eigenvalue weighted by molar-refractivity contribution is 6.37. The first-order valence-electron chi connectivity index (χ1n) is 9.76. The Labute approximate surface area is 166 Å². The molecule has 0 N–H and O–H groups in total. The molecule has 6 heteroatoms. The fourth-order valence-electron chi connectivity index (χ4n) is 3.67. The lowest BCUT2D eigenvalue weighted by molar-refractivity contribution is 0.253. The summed E-state index contributed by atoms with van der Waals surface area (Å²) in [6, 6.07) is 3.89. The number of rotatable bonds is 7. The monoisotopic (exact) mass is 384 g/mol. The van der Waals surface area contributed by atoms with Crippen molar-refractivity contribution in [2.75, 3.05) is 26.4 Å². The maximum Gasteiger partial charge on any atom is 0.168 e. The van der Waals surface area contributed by atoms with Crippen LogP contribution < -0.4 is 14.9 Å². The molecule has 2 atom stereocenters. The summed E-state index contributed by atoms with van der Waals surface area (Å²) < 4.78 is 37.0. The first kappa shape index (κ1) is 19.3. The summed E-state index contributed by atoms with van der Waals surface area (Å²) in [5, 5.41) is 0. The highest BCUT2D eigenvalue weighted by atomic mass is 19.1. The Kier molecular flexibility index (Phi) is 5.10. The van der Waals surface area contributed by atoms with E-state index in [2.05, 4.69) is 20.8 Å². The van der Waals surface area contributed by atoms with Crippen molar-refractivity contribution in [3.63, 3.8) is 0 Å². The van der Waals surface area contributed by atoms with Gasteiger partial charge in [0.15, 0.2) is 11.6 Å². The molecule has 0 radical (unpaired) electrons. The summed E-state index contributed by atoms with van der Waals surface area (Å²) in [6.07, 6.45) is 0.312. The molecular weight excluding hydrogens is 358 g/mol. The predicted octanol–water partition coefficient (Wildman–Crippen LogP) is 2.54. The average molecular weight is 384 g/mol. The molecule has 2 aliphatic heterocycles. The van der Waals surface area contributed by atoms with Crippen LogP contribution in [0.2, 0.25) is 0 Å². The van der Waals surface area contributed by atoms with Crippen LogP contribution in [0.15, 0.2) is 12.1 Å². The molecule has 0 aliphatic carbocycles. The number of ether oxygens (including phenoxy) is 4. The predicted molar refractivity (Wildman–Crippen MR) is 109 cm³/mol. The van der Waals surface area contributed by atoms with Crippen molar-refractivity contribution in [2.24, 2.45) is 0 Å². The highest BCUT2D eigenvalue weighted by Crippen LogP contribution is 2.36. The lowest BCUT2D eigenvalue weighted by Crippen LogP contribution is -2.17. The molecule has 0 amide bonds. The third-order valence-electron chi connectivity index (χ3n) is 5.60. The van der Waals surface area contributed by atoms with Crippen molar-refractivity contribution < 1.29 is 23.3 Å². The SMILES string of the molecule is Bc1c(-c2c(C)cc(OCC3CO3)c(F)c2C)cc(C)c(OCC2CO2)c1C. The molecule has 4 nitrogen and oxygen atoms in total. The van der Waals surface area contributed by atoms with Gasteiger partial charge in [0.05, 0.1) is 13.2 Å². The first-order chi connectivity index (χ1) is 13.4. The maximum absolute atomic E-state index is 15.0. The van der Waals surface area contributed by atoms with E-state index in [1.807, 2.05) is 20.8 Å². The van der Waals surface area contributed by atoms with Crippen molar-refractivity contribution in [1.82, 2.24) is 0 Å². The standard InChI is InChI=1S/C22H26BFO4/c1-11-6-18(27-9-15-7-25-15)21(24)13(3)19(11)17-5-12(2)22(14(4)20(17)23)28-10-16-8-26-16/h5-6,15-16H,7-10,23H2,1-4H3. The summed E-state index contributed by atoms with van der Waals surface area (Å²) in [5.41, 5.74) is 6.79. The Hall–Kier alpha value is -2.05. The summed E-state index contributed by atoms with van der Waals surface area (Å²) in [5.74, 6) is 0.892. The van der Waals surface area contributed by atoms with Gasteiger partial charge in [-0.15, -0.1) is 0 Å². The Morgan fingerprint density at radius 1 is 0.964 bits per heavy atom. The number of benzene rings is 2. The second kappa shape index (κ2) is 7.41. The van der Waals surface area contributed by atoms with Gasteiger partial charge >= 0.3 is 0 Å². The molecule has 0 aromatic heterocycles. The van der Waals surface area contributed by atoms with E-state index >= 15 is 4.39 Å². The molecule has 2 aliphatic rings. The summed E-state index contributed by atoms with van der Waals surface area (Å²) >= 11 is 0. The molecule has 2 fully saturated rings. The van der Waals surface area contributed by atoms with Crippen LogP contribution in [0.3, 0.4) is 0 Å². The Bertz CT molecular complexity index is 920. The second-order valence-corrected chi connectivity index (χ2v) is 7.86. The van der Waals surface area contributed by atoms with Crippen LogP contribution in [-0.4, -0.2) is 46.5 Å². The van der Waals surface area contributed by atoms with Gasteiger partial charge in [0, 0.05) is 0 Å². The molecular formula is C22H26BFO4. The highest BCUT2D eigenvalue weighted by Gasteiger charge is 2.26. The smallest absolute Gasteiger partial charge is 0.168 e. The van der Waals surface area contributed by atoms with Gasteiger partial charge in [0.25, 0.3) is 0 Å². The molecule has 2 unspecified atom stereocenters. The second-order valence-electron chi connectivity index (χ2n) is 7.86. The quantitative estimate of drug-likeness (QED) is 0.544. The zero-order chi connectivity index (χ0) is 20.0. The van der Waals surface area contributed by atoms with E-state index in [4.69, 9.17) is 18.9 Å². The van der Waals surface area contributed by atoms with Crippen LogP contribution in [0.25, 0.3) is 11.1 Å². The van der Waals surface area contributed by atoms with Crippen LogP contribution in [0, 0.1) is 33.5 Å².